The Kier molecular flexibility index (Phi) is 6.07. The summed E-state index contributed by atoms with van der Waals surface area (Å²) in [5, 5.41) is 9.06. The number of aromatic nitrogens is 4. The number of imide groups is 2. The van der Waals surface area contributed by atoms with Crippen molar-refractivity contribution >= 4 is 29.5 Å². The Balaban J connectivity index is 1.20. The third kappa shape index (κ3) is 4.24. The fourth-order valence-electron chi connectivity index (χ4n) is 4.34. The standard InChI is InChI=1S/C24H21N7O5/c32-19-8-7-18(22(34)29-19)31-23(35)15-6-5-14(11-17(15)24(31)36)3-1-10-27-21(33)16-4-2-9-26-20(16)30-13-25-12-28-30/h2,4-6,9,11-13,18H,1,3,7-8,10H2,(H,27,33)(H,29,32,34). The minimum absolute atomic E-state index is 0.0696. The maximum absolute atomic E-state index is 13.0. The zero-order valence-electron chi connectivity index (χ0n) is 19.0. The normalized spacial score (nSPS) is 17.2. The molecule has 1 aromatic carbocycles. The molecule has 0 saturated carbocycles. The van der Waals surface area contributed by atoms with E-state index in [-0.39, 0.29) is 29.9 Å². The van der Waals surface area contributed by atoms with E-state index in [4.69, 9.17) is 0 Å². The molecule has 0 radical (unpaired) electrons. The summed E-state index contributed by atoms with van der Waals surface area (Å²) < 4.78 is 1.41. The van der Waals surface area contributed by atoms with Crippen LogP contribution in [0.3, 0.4) is 0 Å². The predicted molar refractivity (Wildman–Crippen MR) is 123 cm³/mol. The van der Waals surface area contributed by atoms with Crippen molar-refractivity contribution in [3.8, 4) is 5.82 Å². The second kappa shape index (κ2) is 9.49. The number of hydrogen-bond donors (Lipinski definition) is 2. The van der Waals surface area contributed by atoms with Crippen LogP contribution in [0.4, 0.5) is 0 Å². The van der Waals surface area contributed by atoms with Crippen LogP contribution in [0.1, 0.15) is 55.9 Å². The highest BCUT2D eigenvalue weighted by atomic mass is 16.2. The molecule has 1 atom stereocenters. The summed E-state index contributed by atoms with van der Waals surface area (Å²) in [5.74, 6) is -2.07. The molecule has 182 valence electrons. The van der Waals surface area contributed by atoms with E-state index in [1.165, 1.54) is 17.3 Å². The molecular weight excluding hydrogens is 466 g/mol. The number of fused-ring (bicyclic) bond motifs is 1. The summed E-state index contributed by atoms with van der Waals surface area (Å²) in [6.45, 7) is 0.372. The zero-order chi connectivity index (χ0) is 25.2. The van der Waals surface area contributed by atoms with Gasteiger partial charge < -0.3 is 5.32 Å². The number of benzene rings is 1. The monoisotopic (exact) mass is 487 g/mol. The molecule has 4 heterocycles. The molecule has 5 amide bonds. The van der Waals surface area contributed by atoms with Crippen LogP contribution < -0.4 is 10.6 Å². The number of nitrogens with one attached hydrogen (secondary N) is 2. The first-order chi connectivity index (χ1) is 17.4. The van der Waals surface area contributed by atoms with Crippen LogP contribution in [0.25, 0.3) is 5.82 Å². The van der Waals surface area contributed by atoms with Crippen molar-refractivity contribution in [3.05, 3.63) is 71.4 Å². The first-order valence-corrected chi connectivity index (χ1v) is 11.4. The lowest BCUT2D eigenvalue weighted by Crippen LogP contribution is -2.54. The molecular formula is C24H21N7O5. The fourth-order valence-corrected chi connectivity index (χ4v) is 4.34. The smallest absolute Gasteiger partial charge is 0.262 e. The van der Waals surface area contributed by atoms with Gasteiger partial charge in [0.2, 0.25) is 11.8 Å². The summed E-state index contributed by atoms with van der Waals surface area (Å²) in [7, 11) is 0. The lowest BCUT2D eigenvalue weighted by Gasteiger charge is -2.27. The Morgan fingerprint density at radius 1 is 1.11 bits per heavy atom. The Labute approximate surface area is 204 Å². The summed E-state index contributed by atoms with van der Waals surface area (Å²) in [6, 6.07) is 7.29. The van der Waals surface area contributed by atoms with Gasteiger partial charge in [-0.1, -0.05) is 6.07 Å². The van der Waals surface area contributed by atoms with E-state index in [9.17, 15) is 24.0 Å². The number of amides is 5. The molecule has 3 aromatic rings. The Morgan fingerprint density at radius 2 is 1.94 bits per heavy atom. The van der Waals surface area contributed by atoms with Gasteiger partial charge in [-0.25, -0.2) is 14.6 Å². The number of pyridine rings is 1. The Hall–Kier alpha value is -4.74. The molecule has 1 saturated heterocycles. The van der Waals surface area contributed by atoms with Crippen LogP contribution in [0.2, 0.25) is 0 Å². The van der Waals surface area contributed by atoms with Crippen LogP contribution in [-0.2, 0) is 16.0 Å². The number of nitrogens with zero attached hydrogens (tertiary/aromatic N) is 5. The minimum atomic E-state index is -0.997. The fraction of sp³-hybridized carbons (Fsp3) is 0.250. The molecule has 36 heavy (non-hydrogen) atoms. The van der Waals surface area contributed by atoms with Gasteiger partial charge >= 0.3 is 0 Å². The van der Waals surface area contributed by atoms with Gasteiger partial charge in [-0.15, -0.1) is 0 Å². The lowest BCUT2D eigenvalue weighted by molar-refractivity contribution is -0.136. The number of aryl methyl sites for hydroxylation is 1. The molecule has 0 spiro atoms. The Morgan fingerprint density at radius 3 is 2.72 bits per heavy atom. The maximum Gasteiger partial charge on any atom is 0.262 e. The van der Waals surface area contributed by atoms with Crippen molar-refractivity contribution < 1.29 is 24.0 Å². The molecule has 2 aromatic heterocycles. The number of rotatable bonds is 7. The van der Waals surface area contributed by atoms with Crippen LogP contribution in [0, 0.1) is 0 Å². The van der Waals surface area contributed by atoms with E-state index < -0.39 is 29.7 Å². The molecule has 5 rings (SSSR count). The van der Waals surface area contributed by atoms with Gasteiger partial charge in [0, 0.05) is 19.2 Å². The van der Waals surface area contributed by atoms with Gasteiger partial charge in [0.15, 0.2) is 5.82 Å². The molecule has 2 aliphatic rings. The topological polar surface area (TPSA) is 156 Å². The number of hydrogen-bond acceptors (Lipinski definition) is 8. The van der Waals surface area contributed by atoms with E-state index in [0.717, 1.165) is 10.5 Å². The molecule has 1 fully saturated rings. The van der Waals surface area contributed by atoms with Crippen LogP contribution in [0.15, 0.2) is 49.2 Å². The second-order valence-electron chi connectivity index (χ2n) is 8.40. The second-order valence-corrected chi connectivity index (χ2v) is 8.40. The number of carbonyl (C=O) groups excluding carboxylic acids is 5. The van der Waals surface area contributed by atoms with Gasteiger partial charge in [-0.3, -0.25) is 34.2 Å². The summed E-state index contributed by atoms with van der Waals surface area (Å²) in [4.78, 5) is 71.1. The van der Waals surface area contributed by atoms with Crippen LogP contribution in [0.5, 0.6) is 0 Å². The highest BCUT2D eigenvalue weighted by molar-refractivity contribution is 6.23. The van der Waals surface area contributed by atoms with Gasteiger partial charge in [0.25, 0.3) is 17.7 Å². The van der Waals surface area contributed by atoms with Crippen molar-refractivity contribution in [1.82, 2.24) is 35.3 Å². The first-order valence-electron chi connectivity index (χ1n) is 11.4. The van der Waals surface area contributed by atoms with Crippen molar-refractivity contribution in [2.24, 2.45) is 0 Å². The largest absolute Gasteiger partial charge is 0.352 e. The Bertz CT molecular complexity index is 1390. The van der Waals surface area contributed by atoms with E-state index in [1.54, 1.807) is 36.5 Å². The van der Waals surface area contributed by atoms with Crippen LogP contribution in [-0.4, -0.2) is 66.8 Å². The van der Waals surface area contributed by atoms with Crippen molar-refractivity contribution in [2.45, 2.75) is 31.7 Å². The SMILES string of the molecule is O=C1CCC(N2C(=O)c3ccc(CCCNC(=O)c4cccnc4-n4cncn4)cc3C2=O)C(=O)N1. The average molecular weight is 487 g/mol. The van der Waals surface area contributed by atoms with Gasteiger partial charge in [0.05, 0.1) is 16.7 Å². The van der Waals surface area contributed by atoms with E-state index in [0.29, 0.717) is 30.8 Å². The zero-order valence-corrected chi connectivity index (χ0v) is 19.0. The van der Waals surface area contributed by atoms with Crippen molar-refractivity contribution in [1.29, 1.82) is 0 Å². The molecule has 0 aliphatic carbocycles. The van der Waals surface area contributed by atoms with Crippen molar-refractivity contribution in [3.63, 3.8) is 0 Å². The van der Waals surface area contributed by atoms with E-state index in [2.05, 4.69) is 25.7 Å². The highest BCUT2D eigenvalue weighted by Crippen LogP contribution is 2.28. The third-order valence-corrected chi connectivity index (χ3v) is 6.10. The summed E-state index contributed by atoms with van der Waals surface area (Å²) in [5.41, 5.74) is 1.65. The molecule has 12 heteroatoms. The van der Waals surface area contributed by atoms with Gasteiger partial charge in [-0.05, 0) is 49.1 Å². The minimum Gasteiger partial charge on any atom is -0.352 e. The van der Waals surface area contributed by atoms with E-state index >= 15 is 0 Å². The predicted octanol–water partition coefficient (Wildman–Crippen LogP) is 0.426. The molecule has 2 N–H and O–H groups in total. The molecule has 1 unspecified atom stereocenters. The quantitative estimate of drug-likeness (QED) is 0.359. The van der Waals surface area contributed by atoms with Gasteiger partial charge in [0.1, 0.15) is 18.7 Å². The highest BCUT2D eigenvalue weighted by Gasteiger charge is 2.44. The summed E-state index contributed by atoms with van der Waals surface area (Å²) in [6.07, 6.45) is 5.70. The third-order valence-electron chi connectivity index (χ3n) is 6.10. The number of carbonyl (C=O) groups is 5. The average Bonchev–Trinajstić information content (AvgIpc) is 3.50. The first kappa shape index (κ1) is 23.0. The number of piperidine rings is 1. The van der Waals surface area contributed by atoms with Gasteiger partial charge in [-0.2, -0.15) is 5.10 Å². The molecule has 12 nitrogen and oxygen atoms in total. The molecule has 2 aliphatic heterocycles. The van der Waals surface area contributed by atoms with Crippen molar-refractivity contribution in [2.75, 3.05) is 6.54 Å². The lowest BCUT2D eigenvalue weighted by atomic mass is 10.0. The van der Waals surface area contributed by atoms with Crippen LogP contribution >= 0.6 is 0 Å². The van der Waals surface area contributed by atoms with E-state index in [1.807, 2.05) is 0 Å². The molecule has 0 bridgehead atoms. The maximum atomic E-state index is 13.0. The summed E-state index contributed by atoms with van der Waals surface area (Å²) >= 11 is 0.